The van der Waals surface area contributed by atoms with Crippen molar-refractivity contribution in [3.8, 4) is 16.3 Å². The number of aromatic nitrogens is 1. The summed E-state index contributed by atoms with van der Waals surface area (Å²) in [5, 5.41) is 0.984. The van der Waals surface area contributed by atoms with Gasteiger partial charge in [0.2, 0.25) is 0 Å². The Labute approximate surface area is 210 Å². The highest BCUT2D eigenvalue weighted by Gasteiger charge is 2.25. The van der Waals surface area contributed by atoms with Crippen LogP contribution < -0.4 is 4.74 Å². The molecule has 3 aromatic rings. The molecule has 0 fully saturated rings. The SMILES string of the molecule is CCCCCCOc1ccc2nc(-c3ccc(COCCCCCCCC(F)(F)F)cc3)sc2c1. The molecule has 0 aliphatic heterocycles. The third-order valence-electron chi connectivity index (χ3n) is 5.85. The second kappa shape index (κ2) is 14.4. The summed E-state index contributed by atoms with van der Waals surface area (Å²) in [6.45, 7) is 4.12. The summed E-state index contributed by atoms with van der Waals surface area (Å²) >= 11 is 1.67. The standard InChI is InChI=1S/C28H36F3NO2S/c1-2-3-4-10-19-34-24-15-16-25-26(20-24)35-27(32-25)23-13-11-22(12-14-23)21-33-18-9-7-5-6-8-17-28(29,30)31/h11-16,20H,2-10,17-19,21H2,1H3. The van der Waals surface area contributed by atoms with E-state index >= 15 is 0 Å². The minimum Gasteiger partial charge on any atom is -0.494 e. The highest BCUT2D eigenvalue weighted by atomic mass is 32.1. The number of benzene rings is 2. The molecule has 1 aromatic heterocycles. The summed E-state index contributed by atoms with van der Waals surface area (Å²) in [6.07, 6.45) is 3.51. The van der Waals surface area contributed by atoms with Crippen LogP contribution in [-0.4, -0.2) is 24.4 Å². The third-order valence-corrected chi connectivity index (χ3v) is 6.91. The second-order valence-electron chi connectivity index (χ2n) is 8.94. The second-order valence-corrected chi connectivity index (χ2v) is 9.97. The number of alkyl halides is 3. The zero-order valence-electron chi connectivity index (χ0n) is 20.5. The molecule has 0 N–H and O–H groups in total. The molecule has 0 aliphatic rings. The monoisotopic (exact) mass is 507 g/mol. The quantitative estimate of drug-likeness (QED) is 0.181. The van der Waals surface area contributed by atoms with Crippen LogP contribution in [0.5, 0.6) is 5.75 Å². The molecule has 0 saturated carbocycles. The molecule has 0 bridgehead atoms. The van der Waals surface area contributed by atoms with E-state index in [2.05, 4.69) is 37.3 Å². The highest BCUT2D eigenvalue weighted by molar-refractivity contribution is 7.21. The molecule has 0 aliphatic carbocycles. The zero-order valence-corrected chi connectivity index (χ0v) is 21.4. The van der Waals surface area contributed by atoms with Crippen LogP contribution in [0.3, 0.4) is 0 Å². The number of rotatable bonds is 16. The fourth-order valence-corrected chi connectivity index (χ4v) is 4.83. The van der Waals surface area contributed by atoms with Crippen molar-refractivity contribution >= 4 is 21.6 Å². The predicted molar refractivity (Wildman–Crippen MR) is 138 cm³/mol. The van der Waals surface area contributed by atoms with Gasteiger partial charge >= 0.3 is 6.18 Å². The van der Waals surface area contributed by atoms with Crippen LogP contribution in [0.15, 0.2) is 42.5 Å². The Morgan fingerprint density at radius 2 is 1.54 bits per heavy atom. The molecular weight excluding hydrogens is 471 g/mol. The van der Waals surface area contributed by atoms with Crippen LogP contribution in [0.2, 0.25) is 0 Å². The molecule has 7 heteroatoms. The number of halogens is 3. The topological polar surface area (TPSA) is 31.4 Å². The summed E-state index contributed by atoms with van der Waals surface area (Å²) in [7, 11) is 0. The summed E-state index contributed by atoms with van der Waals surface area (Å²) in [6, 6.07) is 14.4. The lowest BCUT2D eigenvalue weighted by molar-refractivity contribution is -0.135. The first-order valence-electron chi connectivity index (χ1n) is 12.7. The number of hydrogen-bond donors (Lipinski definition) is 0. The summed E-state index contributed by atoms with van der Waals surface area (Å²) in [4.78, 5) is 4.77. The van der Waals surface area contributed by atoms with Gasteiger partial charge in [0.1, 0.15) is 10.8 Å². The molecule has 3 nitrogen and oxygen atoms in total. The minimum atomic E-state index is -4.03. The number of ether oxygens (including phenoxy) is 2. The maximum Gasteiger partial charge on any atom is 0.389 e. The van der Waals surface area contributed by atoms with Crippen LogP contribution in [0, 0.1) is 0 Å². The molecule has 0 radical (unpaired) electrons. The maximum absolute atomic E-state index is 12.1. The number of thiazole rings is 1. The Balaban J connectivity index is 1.38. The Morgan fingerprint density at radius 3 is 2.31 bits per heavy atom. The van der Waals surface area contributed by atoms with Gasteiger partial charge in [-0.15, -0.1) is 11.3 Å². The summed E-state index contributed by atoms with van der Waals surface area (Å²) in [5.41, 5.74) is 3.16. The van der Waals surface area contributed by atoms with Crippen molar-refractivity contribution in [2.75, 3.05) is 13.2 Å². The van der Waals surface area contributed by atoms with Crippen molar-refractivity contribution in [1.29, 1.82) is 0 Å². The van der Waals surface area contributed by atoms with Crippen LogP contribution in [0.1, 0.15) is 76.7 Å². The molecular formula is C28H36F3NO2S. The van der Waals surface area contributed by atoms with Gasteiger partial charge < -0.3 is 9.47 Å². The van der Waals surface area contributed by atoms with Crippen molar-refractivity contribution in [2.45, 2.75) is 83.9 Å². The maximum atomic E-state index is 12.1. The molecule has 0 saturated heterocycles. The Hall–Kier alpha value is -2.12. The van der Waals surface area contributed by atoms with Gasteiger partial charge in [0, 0.05) is 18.6 Å². The van der Waals surface area contributed by atoms with Gasteiger partial charge in [0.05, 0.1) is 23.4 Å². The highest BCUT2D eigenvalue weighted by Crippen LogP contribution is 2.32. The summed E-state index contributed by atoms with van der Waals surface area (Å²) < 4.78 is 49.1. The Kier molecular flexibility index (Phi) is 11.3. The lowest BCUT2D eigenvalue weighted by atomic mass is 10.1. The largest absolute Gasteiger partial charge is 0.494 e. The molecule has 35 heavy (non-hydrogen) atoms. The lowest BCUT2D eigenvalue weighted by Gasteiger charge is -2.07. The predicted octanol–water partition coefficient (Wildman–Crippen LogP) is 9.34. The van der Waals surface area contributed by atoms with E-state index in [4.69, 9.17) is 14.5 Å². The van der Waals surface area contributed by atoms with Crippen LogP contribution in [-0.2, 0) is 11.3 Å². The molecule has 1 heterocycles. The molecule has 2 aromatic carbocycles. The number of fused-ring (bicyclic) bond motifs is 1. The van der Waals surface area contributed by atoms with E-state index in [-0.39, 0.29) is 6.42 Å². The average Bonchev–Trinajstić information content (AvgIpc) is 3.26. The van der Waals surface area contributed by atoms with Crippen molar-refractivity contribution in [2.24, 2.45) is 0 Å². The van der Waals surface area contributed by atoms with Gasteiger partial charge in [-0.05, 0) is 43.0 Å². The van der Waals surface area contributed by atoms with Gasteiger partial charge in [-0.3, -0.25) is 0 Å². The van der Waals surface area contributed by atoms with Gasteiger partial charge in [-0.25, -0.2) is 4.98 Å². The van der Waals surface area contributed by atoms with Crippen molar-refractivity contribution in [1.82, 2.24) is 4.98 Å². The van der Waals surface area contributed by atoms with Crippen molar-refractivity contribution < 1.29 is 22.6 Å². The van der Waals surface area contributed by atoms with Gasteiger partial charge in [-0.1, -0.05) is 69.7 Å². The first kappa shape index (κ1) is 27.5. The normalized spacial score (nSPS) is 11.9. The third kappa shape index (κ3) is 10.2. The first-order chi connectivity index (χ1) is 16.9. The van der Waals surface area contributed by atoms with E-state index < -0.39 is 12.6 Å². The van der Waals surface area contributed by atoms with Gasteiger partial charge in [0.15, 0.2) is 0 Å². The van der Waals surface area contributed by atoms with Crippen molar-refractivity contribution in [3.63, 3.8) is 0 Å². The first-order valence-corrected chi connectivity index (χ1v) is 13.5. The van der Waals surface area contributed by atoms with Gasteiger partial charge in [0.25, 0.3) is 0 Å². The van der Waals surface area contributed by atoms with E-state index in [0.717, 1.165) is 64.4 Å². The average molecular weight is 508 g/mol. The number of unbranched alkanes of at least 4 members (excludes halogenated alkanes) is 7. The molecule has 0 spiro atoms. The van der Waals surface area contributed by atoms with Gasteiger partial charge in [-0.2, -0.15) is 13.2 Å². The van der Waals surface area contributed by atoms with Crippen LogP contribution in [0.25, 0.3) is 20.8 Å². The fourth-order valence-electron chi connectivity index (χ4n) is 3.83. The lowest BCUT2D eigenvalue weighted by Crippen LogP contribution is -2.06. The van der Waals surface area contributed by atoms with E-state index in [0.29, 0.717) is 19.6 Å². The zero-order chi connectivity index (χ0) is 24.9. The van der Waals surface area contributed by atoms with E-state index in [1.54, 1.807) is 11.3 Å². The molecule has 0 amide bonds. The molecule has 0 unspecified atom stereocenters. The molecule has 192 valence electrons. The van der Waals surface area contributed by atoms with E-state index in [1.807, 2.05) is 12.1 Å². The number of hydrogen-bond acceptors (Lipinski definition) is 4. The summed E-state index contributed by atoms with van der Waals surface area (Å²) in [5.74, 6) is 0.901. The van der Waals surface area contributed by atoms with E-state index in [9.17, 15) is 13.2 Å². The smallest absolute Gasteiger partial charge is 0.389 e. The minimum absolute atomic E-state index is 0.222. The van der Waals surface area contributed by atoms with Crippen LogP contribution in [0.4, 0.5) is 13.2 Å². The molecule has 0 atom stereocenters. The van der Waals surface area contributed by atoms with Crippen LogP contribution >= 0.6 is 11.3 Å². The van der Waals surface area contributed by atoms with Crippen molar-refractivity contribution in [3.05, 3.63) is 48.0 Å². The number of nitrogens with zero attached hydrogens (tertiary/aromatic N) is 1. The Bertz CT molecular complexity index is 1000. The Morgan fingerprint density at radius 1 is 0.829 bits per heavy atom. The van der Waals surface area contributed by atoms with E-state index in [1.165, 1.54) is 19.3 Å². The fraction of sp³-hybridized carbons (Fsp3) is 0.536. The molecule has 3 rings (SSSR count).